The molecule has 2 aliphatic rings. The van der Waals surface area contributed by atoms with E-state index in [2.05, 4.69) is 50.6 Å². The molecule has 1 atom stereocenters. The molecular weight excluding hydrogens is 390 g/mol. The van der Waals surface area contributed by atoms with E-state index in [1.165, 1.54) is 17.8 Å². The molecule has 0 amide bonds. The van der Waals surface area contributed by atoms with Crippen molar-refractivity contribution in [1.29, 1.82) is 0 Å². The van der Waals surface area contributed by atoms with Crippen LogP contribution in [-0.4, -0.2) is 25.4 Å². The number of nitrogens with zero attached hydrogens (tertiary/aromatic N) is 3. The zero-order chi connectivity index (χ0) is 22.1. The summed E-state index contributed by atoms with van der Waals surface area (Å²) in [5.74, 6) is -0.746. The van der Waals surface area contributed by atoms with E-state index in [1.807, 2.05) is 10.6 Å². The van der Waals surface area contributed by atoms with Crippen molar-refractivity contribution in [2.75, 3.05) is 0 Å². The fourth-order valence-electron chi connectivity index (χ4n) is 4.70. The minimum absolute atomic E-state index is 0.0222. The van der Waals surface area contributed by atoms with E-state index in [0.29, 0.717) is 12.5 Å². The van der Waals surface area contributed by atoms with E-state index >= 15 is 0 Å². The molecule has 1 N–H and O–H groups in total. The summed E-state index contributed by atoms with van der Waals surface area (Å²) in [7, 11) is 0. The third kappa shape index (κ3) is 3.21. The Hall–Kier alpha value is -3.15. The molecule has 0 spiro atoms. The number of aryl methyl sites for hydroxylation is 1. The second-order valence-electron chi connectivity index (χ2n) is 9.97. The van der Waals surface area contributed by atoms with Crippen molar-refractivity contribution >= 4 is 5.97 Å². The Morgan fingerprint density at radius 2 is 1.94 bits per heavy atom. The molecule has 31 heavy (non-hydrogen) atoms. The first kappa shape index (κ1) is 19.8. The van der Waals surface area contributed by atoms with Crippen LogP contribution >= 0.6 is 0 Å². The lowest BCUT2D eigenvalue weighted by atomic mass is 9.84. The largest absolute Gasteiger partial charge is 0.477 e. The standard InChI is InChI=1S/C25H27N3O3/c1-14-6-5-7-16(10-14)21-22(15-8-9-15)26-28-13-20(25(2,3)4)27-12-17(24(30)31)19(29)11-18(27)23(21)28/h5-7,10-12,15,20H,8-9,13H2,1-4H3,(H,30,31)/t20-/m0/s1. The van der Waals surface area contributed by atoms with Crippen molar-refractivity contribution in [3.63, 3.8) is 0 Å². The number of aromatic nitrogens is 3. The highest BCUT2D eigenvalue weighted by molar-refractivity contribution is 5.89. The third-order valence-electron chi connectivity index (χ3n) is 6.48. The minimum atomic E-state index is -1.19. The number of pyridine rings is 1. The van der Waals surface area contributed by atoms with Gasteiger partial charge in [-0.15, -0.1) is 0 Å². The second-order valence-corrected chi connectivity index (χ2v) is 9.97. The number of hydrogen-bond acceptors (Lipinski definition) is 3. The van der Waals surface area contributed by atoms with Crippen LogP contribution in [0.5, 0.6) is 0 Å². The van der Waals surface area contributed by atoms with Crippen molar-refractivity contribution in [3.05, 3.63) is 63.6 Å². The zero-order valence-corrected chi connectivity index (χ0v) is 18.3. The van der Waals surface area contributed by atoms with Crippen LogP contribution in [0.2, 0.25) is 0 Å². The molecule has 160 valence electrons. The van der Waals surface area contributed by atoms with E-state index in [0.717, 1.165) is 41.1 Å². The number of rotatable bonds is 3. The summed E-state index contributed by atoms with van der Waals surface area (Å²) in [4.78, 5) is 24.4. The van der Waals surface area contributed by atoms with Crippen molar-refractivity contribution in [2.24, 2.45) is 5.41 Å². The molecule has 1 aliphatic carbocycles. The normalized spacial score (nSPS) is 17.9. The maximum atomic E-state index is 12.7. The molecule has 0 bridgehead atoms. The van der Waals surface area contributed by atoms with Crippen LogP contribution in [0.25, 0.3) is 22.5 Å². The number of hydrogen-bond donors (Lipinski definition) is 1. The van der Waals surface area contributed by atoms with Crippen LogP contribution in [0.1, 0.15) is 67.2 Å². The van der Waals surface area contributed by atoms with Gasteiger partial charge in [0.1, 0.15) is 5.56 Å². The highest BCUT2D eigenvalue weighted by atomic mass is 16.4. The molecule has 2 aromatic heterocycles. The van der Waals surface area contributed by atoms with Crippen LogP contribution in [0.4, 0.5) is 0 Å². The van der Waals surface area contributed by atoms with Gasteiger partial charge in [-0.25, -0.2) is 4.79 Å². The highest BCUT2D eigenvalue weighted by Crippen LogP contribution is 2.50. The van der Waals surface area contributed by atoms with Crippen LogP contribution < -0.4 is 5.43 Å². The number of carbonyl (C=O) groups is 1. The summed E-state index contributed by atoms with van der Waals surface area (Å²) in [6.45, 7) is 9.12. The molecule has 5 rings (SSSR count). The van der Waals surface area contributed by atoms with E-state index in [9.17, 15) is 14.7 Å². The topological polar surface area (TPSA) is 77.1 Å². The molecule has 6 nitrogen and oxygen atoms in total. The molecule has 1 aliphatic heterocycles. The summed E-state index contributed by atoms with van der Waals surface area (Å²) in [5.41, 5.74) is 5.30. The average molecular weight is 418 g/mol. The zero-order valence-electron chi connectivity index (χ0n) is 18.3. The summed E-state index contributed by atoms with van der Waals surface area (Å²) in [5, 5.41) is 14.6. The fourth-order valence-corrected chi connectivity index (χ4v) is 4.70. The highest BCUT2D eigenvalue weighted by Gasteiger charge is 2.39. The lowest BCUT2D eigenvalue weighted by Gasteiger charge is -2.38. The molecular formula is C25H27N3O3. The molecule has 1 saturated carbocycles. The smallest absolute Gasteiger partial charge is 0.341 e. The van der Waals surface area contributed by atoms with E-state index < -0.39 is 11.4 Å². The Bertz CT molecular complexity index is 1270. The summed E-state index contributed by atoms with van der Waals surface area (Å²) < 4.78 is 4.05. The summed E-state index contributed by atoms with van der Waals surface area (Å²) >= 11 is 0. The monoisotopic (exact) mass is 417 g/mol. The van der Waals surface area contributed by atoms with Gasteiger partial charge >= 0.3 is 5.97 Å². The maximum absolute atomic E-state index is 12.7. The second kappa shape index (κ2) is 6.67. The fraction of sp³-hybridized carbons (Fsp3) is 0.400. The average Bonchev–Trinajstić information content (AvgIpc) is 3.45. The van der Waals surface area contributed by atoms with Gasteiger partial charge in [0.05, 0.1) is 29.7 Å². The van der Waals surface area contributed by atoms with Crippen molar-refractivity contribution in [1.82, 2.24) is 14.3 Å². The predicted octanol–water partition coefficient (Wildman–Crippen LogP) is 4.86. The van der Waals surface area contributed by atoms with Gasteiger partial charge in [-0.1, -0.05) is 50.6 Å². The molecule has 0 saturated heterocycles. The van der Waals surface area contributed by atoms with Gasteiger partial charge in [0.25, 0.3) is 0 Å². The number of benzene rings is 1. The first-order valence-corrected chi connectivity index (χ1v) is 10.8. The molecule has 0 radical (unpaired) electrons. The van der Waals surface area contributed by atoms with E-state index in [1.54, 1.807) is 0 Å². The summed E-state index contributed by atoms with van der Waals surface area (Å²) in [6, 6.07) is 9.85. The van der Waals surface area contributed by atoms with Crippen molar-refractivity contribution in [3.8, 4) is 22.5 Å². The molecule has 3 heterocycles. The Balaban J connectivity index is 1.84. The van der Waals surface area contributed by atoms with Gasteiger partial charge in [-0.05, 0) is 30.7 Å². The lowest BCUT2D eigenvalue weighted by Crippen LogP contribution is -2.35. The van der Waals surface area contributed by atoms with Crippen LogP contribution in [0.3, 0.4) is 0 Å². The third-order valence-corrected chi connectivity index (χ3v) is 6.48. The quantitative estimate of drug-likeness (QED) is 0.660. The number of carboxylic acids is 1. The number of aromatic carboxylic acids is 1. The van der Waals surface area contributed by atoms with Gasteiger partial charge in [-0.3, -0.25) is 9.48 Å². The van der Waals surface area contributed by atoms with Crippen molar-refractivity contribution in [2.45, 2.75) is 59.0 Å². The number of carboxylic acid groups (broad SMARTS) is 1. The molecule has 1 aromatic carbocycles. The molecule has 6 heteroatoms. The van der Waals surface area contributed by atoms with Gasteiger partial charge < -0.3 is 9.67 Å². The Morgan fingerprint density at radius 3 is 2.55 bits per heavy atom. The van der Waals surface area contributed by atoms with E-state index in [-0.39, 0.29) is 17.0 Å². The molecule has 3 aromatic rings. The molecule has 1 fully saturated rings. The van der Waals surface area contributed by atoms with Gasteiger partial charge in [0.15, 0.2) is 5.43 Å². The number of fused-ring (bicyclic) bond motifs is 3. The van der Waals surface area contributed by atoms with Crippen LogP contribution in [0, 0.1) is 12.3 Å². The Kier molecular flexibility index (Phi) is 4.26. The Labute approximate surface area is 181 Å². The first-order valence-electron chi connectivity index (χ1n) is 10.8. The van der Waals surface area contributed by atoms with Gasteiger partial charge in [0, 0.05) is 23.7 Å². The van der Waals surface area contributed by atoms with Crippen LogP contribution in [-0.2, 0) is 6.54 Å². The van der Waals surface area contributed by atoms with Crippen molar-refractivity contribution < 1.29 is 9.90 Å². The van der Waals surface area contributed by atoms with E-state index in [4.69, 9.17) is 5.10 Å². The maximum Gasteiger partial charge on any atom is 0.341 e. The SMILES string of the molecule is Cc1cccc(-c2c(C3CC3)nn3c2-c2cc(=O)c(C(=O)O)cn2[C@H](C(C)(C)C)C3)c1. The summed E-state index contributed by atoms with van der Waals surface area (Å²) in [6.07, 6.45) is 3.79. The van der Waals surface area contributed by atoms with Gasteiger partial charge in [-0.2, -0.15) is 5.10 Å². The predicted molar refractivity (Wildman–Crippen MR) is 120 cm³/mol. The Morgan fingerprint density at radius 1 is 1.19 bits per heavy atom. The van der Waals surface area contributed by atoms with Gasteiger partial charge in [0.2, 0.25) is 0 Å². The lowest BCUT2D eigenvalue weighted by molar-refractivity contribution is 0.0693. The minimum Gasteiger partial charge on any atom is -0.477 e. The first-order chi connectivity index (χ1) is 14.6. The van der Waals surface area contributed by atoms with Crippen LogP contribution in [0.15, 0.2) is 41.3 Å². The molecule has 0 unspecified atom stereocenters.